The van der Waals surface area contributed by atoms with Crippen LogP contribution in [0.1, 0.15) is 31.8 Å². The highest BCUT2D eigenvalue weighted by Crippen LogP contribution is 2.29. The van der Waals surface area contributed by atoms with Crippen molar-refractivity contribution in [3.63, 3.8) is 0 Å². The van der Waals surface area contributed by atoms with Crippen molar-refractivity contribution in [3.05, 3.63) is 83.2 Å². The van der Waals surface area contributed by atoms with E-state index in [0.29, 0.717) is 16.9 Å². The average Bonchev–Trinajstić information content (AvgIpc) is 2.83. The number of alkyl halides is 3. The van der Waals surface area contributed by atoms with Crippen molar-refractivity contribution in [3.8, 4) is 0 Å². The Morgan fingerprint density at radius 3 is 2.40 bits per heavy atom. The number of hydrogen-bond acceptors (Lipinski definition) is 6. The lowest BCUT2D eigenvalue weighted by molar-refractivity contribution is -0.137. The Balaban J connectivity index is 1.73. The van der Waals surface area contributed by atoms with Crippen molar-refractivity contribution < 1.29 is 33.0 Å². The second kappa shape index (κ2) is 11.0. The number of amides is 2. The van der Waals surface area contributed by atoms with E-state index < -0.39 is 36.3 Å². The maximum Gasteiger partial charge on any atom is 0.416 e. The van der Waals surface area contributed by atoms with Crippen molar-refractivity contribution >= 4 is 28.9 Å². The van der Waals surface area contributed by atoms with Crippen LogP contribution in [0.3, 0.4) is 0 Å². The van der Waals surface area contributed by atoms with E-state index in [0.717, 1.165) is 18.2 Å². The number of carbonyl (C=O) groups is 2. The molecule has 0 aliphatic heterocycles. The normalized spacial score (nSPS) is 12.1. The van der Waals surface area contributed by atoms with Crippen LogP contribution in [-0.2, 0) is 6.18 Å². The largest absolute Gasteiger partial charge is 0.416 e. The van der Waals surface area contributed by atoms with E-state index in [-0.39, 0.29) is 23.4 Å². The molecular weight excluding hydrogens is 465 g/mol. The second-order valence-corrected chi connectivity index (χ2v) is 7.70. The van der Waals surface area contributed by atoms with Gasteiger partial charge in [0.2, 0.25) is 0 Å². The molecule has 0 saturated heterocycles. The third-order valence-electron chi connectivity index (χ3n) is 4.94. The molecule has 8 nitrogen and oxygen atoms in total. The molecule has 2 aromatic carbocycles. The minimum absolute atomic E-state index is 0.0856. The van der Waals surface area contributed by atoms with E-state index in [1.807, 2.05) is 0 Å². The number of aromatic nitrogens is 1. The summed E-state index contributed by atoms with van der Waals surface area (Å²) >= 11 is 0. The van der Waals surface area contributed by atoms with Gasteiger partial charge >= 0.3 is 6.18 Å². The highest BCUT2D eigenvalue weighted by Gasteiger charge is 2.30. The van der Waals surface area contributed by atoms with Crippen LogP contribution in [-0.4, -0.2) is 46.3 Å². The van der Waals surface area contributed by atoms with E-state index in [2.05, 4.69) is 20.9 Å². The molecule has 0 saturated carbocycles. The van der Waals surface area contributed by atoms with Gasteiger partial charge in [0.1, 0.15) is 0 Å². The first kappa shape index (κ1) is 25.7. The minimum Gasteiger partial charge on any atom is -0.394 e. The molecule has 0 aliphatic carbocycles. The van der Waals surface area contributed by atoms with Gasteiger partial charge in [-0.1, -0.05) is 12.1 Å². The molecule has 1 aromatic heterocycles. The highest BCUT2D eigenvalue weighted by atomic mass is 19.4. The van der Waals surface area contributed by atoms with Crippen LogP contribution in [0.15, 0.2) is 60.9 Å². The van der Waals surface area contributed by atoms with E-state index in [4.69, 9.17) is 5.11 Å². The summed E-state index contributed by atoms with van der Waals surface area (Å²) in [6.45, 7) is 1.37. The Labute approximate surface area is 198 Å². The summed E-state index contributed by atoms with van der Waals surface area (Å²) in [5.41, 5.74) is 0.826. The van der Waals surface area contributed by atoms with Crippen LogP contribution in [0.5, 0.6) is 0 Å². The zero-order valence-corrected chi connectivity index (χ0v) is 18.6. The number of halogens is 3. The Kier molecular flexibility index (Phi) is 8.05. The van der Waals surface area contributed by atoms with Crippen molar-refractivity contribution in [2.75, 3.05) is 29.1 Å². The molecule has 1 heterocycles. The molecule has 1 unspecified atom stereocenters. The standard InChI is InChI=1S/C24H23F3N4O4/c1-14-5-6-17(30-22(34)15-3-2-4-16(7-15)24(25,26)27)9-21(14)23(35)31-19-8-18(10-28-11-19)29-12-20(33)13-32/h2-11,20,29,32-33H,12-13H2,1H3,(H,30,34)(H,31,35). The number of rotatable bonds is 8. The fourth-order valence-electron chi connectivity index (χ4n) is 3.09. The molecule has 3 rings (SSSR count). The Bertz CT molecular complexity index is 1220. The third kappa shape index (κ3) is 7.01. The third-order valence-corrected chi connectivity index (χ3v) is 4.94. The number of aliphatic hydroxyl groups is 2. The molecule has 3 aromatic rings. The minimum atomic E-state index is -4.58. The lowest BCUT2D eigenvalue weighted by Gasteiger charge is -2.13. The molecule has 0 radical (unpaired) electrons. The Hall–Kier alpha value is -3.96. The number of aryl methyl sites for hydroxylation is 1. The van der Waals surface area contributed by atoms with Gasteiger partial charge in [-0.05, 0) is 48.9 Å². The summed E-state index contributed by atoms with van der Waals surface area (Å²) in [5, 5.41) is 26.4. The number of anilines is 3. The zero-order valence-electron chi connectivity index (χ0n) is 18.6. The number of pyridine rings is 1. The van der Waals surface area contributed by atoms with Crippen LogP contribution >= 0.6 is 0 Å². The predicted molar refractivity (Wildman–Crippen MR) is 124 cm³/mol. The number of hydrogen-bond donors (Lipinski definition) is 5. The molecule has 184 valence electrons. The lowest BCUT2D eigenvalue weighted by Crippen LogP contribution is -2.23. The van der Waals surface area contributed by atoms with Gasteiger partial charge in [0.25, 0.3) is 11.8 Å². The smallest absolute Gasteiger partial charge is 0.394 e. The Morgan fingerprint density at radius 2 is 1.69 bits per heavy atom. The van der Waals surface area contributed by atoms with Gasteiger partial charge in [-0.2, -0.15) is 13.2 Å². The van der Waals surface area contributed by atoms with Gasteiger partial charge in [0.05, 0.1) is 42.0 Å². The molecule has 0 bridgehead atoms. The zero-order chi connectivity index (χ0) is 25.6. The van der Waals surface area contributed by atoms with Gasteiger partial charge in [-0.15, -0.1) is 0 Å². The molecule has 11 heteroatoms. The summed E-state index contributed by atoms with van der Waals surface area (Å²) in [6, 6.07) is 10.2. The predicted octanol–water partition coefficient (Wildman–Crippen LogP) is 3.68. The number of benzene rings is 2. The summed E-state index contributed by atoms with van der Waals surface area (Å²) in [4.78, 5) is 29.4. The van der Waals surface area contributed by atoms with Crippen molar-refractivity contribution in [2.24, 2.45) is 0 Å². The number of aliphatic hydroxyl groups excluding tert-OH is 2. The van der Waals surface area contributed by atoms with Crippen LogP contribution in [0.25, 0.3) is 0 Å². The molecule has 5 N–H and O–H groups in total. The molecule has 0 aliphatic rings. The summed E-state index contributed by atoms with van der Waals surface area (Å²) in [7, 11) is 0. The first-order chi connectivity index (χ1) is 16.6. The average molecular weight is 488 g/mol. The fourth-order valence-corrected chi connectivity index (χ4v) is 3.09. The van der Waals surface area contributed by atoms with Crippen LogP contribution in [0.2, 0.25) is 0 Å². The fraction of sp³-hybridized carbons (Fsp3) is 0.208. The molecule has 2 amide bonds. The summed E-state index contributed by atoms with van der Waals surface area (Å²) < 4.78 is 38.8. The van der Waals surface area contributed by atoms with Gasteiger partial charge in [-0.25, -0.2) is 0 Å². The second-order valence-electron chi connectivity index (χ2n) is 7.70. The monoisotopic (exact) mass is 488 g/mol. The van der Waals surface area contributed by atoms with Crippen molar-refractivity contribution in [1.29, 1.82) is 0 Å². The van der Waals surface area contributed by atoms with Gasteiger partial charge in [0.15, 0.2) is 0 Å². The SMILES string of the molecule is Cc1ccc(NC(=O)c2cccc(C(F)(F)F)c2)cc1C(=O)Nc1cncc(NCC(O)CO)c1. The van der Waals surface area contributed by atoms with E-state index in [9.17, 15) is 27.9 Å². The van der Waals surface area contributed by atoms with E-state index in [1.165, 1.54) is 30.6 Å². The van der Waals surface area contributed by atoms with Gasteiger partial charge in [-0.3, -0.25) is 14.6 Å². The maximum atomic E-state index is 12.9. The molecule has 35 heavy (non-hydrogen) atoms. The highest BCUT2D eigenvalue weighted by molar-refractivity contribution is 6.08. The van der Waals surface area contributed by atoms with Crippen LogP contribution in [0.4, 0.5) is 30.2 Å². The number of nitrogens with one attached hydrogen (secondary N) is 3. The van der Waals surface area contributed by atoms with Crippen LogP contribution < -0.4 is 16.0 Å². The van der Waals surface area contributed by atoms with Gasteiger partial charge < -0.3 is 26.2 Å². The maximum absolute atomic E-state index is 12.9. The molecule has 0 fully saturated rings. The number of carbonyl (C=O) groups excluding carboxylic acids is 2. The summed E-state index contributed by atoms with van der Waals surface area (Å²) in [6.07, 6.45) is -2.63. The van der Waals surface area contributed by atoms with E-state index >= 15 is 0 Å². The molecule has 0 spiro atoms. The van der Waals surface area contributed by atoms with Crippen LogP contribution in [0, 0.1) is 6.92 Å². The molecular formula is C24H23F3N4O4. The topological polar surface area (TPSA) is 124 Å². The van der Waals surface area contributed by atoms with Crippen molar-refractivity contribution in [1.82, 2.24) is 4.98 Å². The van der Waals surface area contributed by atoms with E-state index in [1.54, 1.807) is 19.1 Å². The molecule has 1 atom stereocenters. The first-order valence-corrected chi connectivity index (χ1v) is 10.5. The van der Waals surface area contributed by atoms with Crippen molar-refractivity contribution in [2.45, 2.75) is 19.2 Å². The first-order valence-electron chi connectivity index (χ1n) is 10.5. The summed E-state index contributed by atoms with van der Waals surface area (Å²) in [5.74, 6) is -1.24. The van der Waals surface area contributed by atoms with Gasteiger partial charge in [0, 0.05) is 23.4 Å². The lowest BCUT2D eigenvalue weighted by atomic mass is 10.1. The Morgan fingerprint density at radius 1 is 0.971 bits per heavy atom. The quantitative estimate of drug-likeness (QED) is 0.330. The number of nitrogens with zero attached hydrogens (tertiary/aromatic N) is 1.